The first-order valence-electron chi connectivity index (χ1n) is 6.78. The van der Waals surface area contributed by atoms with Gasteiger partial charge in [0, 0.05) is 13.7 Å². The Morgan fingerprint density at radius 2 is 2.00 bits per heavy atom. The van der Waals surface area contributed by atoms with E-state index in [2.05, 4.69) is 10.0 Å². The van der Waals surface area contributed by atoms with Gasteiger partial charge >= 0.3 is 0 Å². The number of rotatable bonds is 6. The van der Waals surface area contributed by atoms with Gasteiger partial charge in [-0.05, 0) is 38.4 Å². The molecule has 2 N–H and O–H groups in total. The maximum Gasteiger partial charge on any atom is 0.240 e. The molecule has 0 aromatic heterocycles. The van der Waals surface area contributed by atoms with Gasteiger partial charge in [-0.2, -0.15) is 0 Å². The number of hydrogen-bond acceptors (Lipinski definition) is 4. The van der Waals surface area contributed by atoms with E-state index in [-0.39, 0.29) is 17.9 Å². The van der Waals surface area contributed by atoms with Gasteiger partial charge < -0.3 is 10.1 Å². The fraction of sp³-hybridized carbons (Fsp3) is 0.571. The lowest BCUT2D eigenvalue weighted by molar-refractivity contribution is 0.122. The van der Waals surface area contributed by atoms with E-state index in [0.717, 1.165) is 24.9 Å². The first-order chi connectivity index (χ1) is 9.47. The molecule has 0 aliphatic carbocycles. The minimum atomic E-state index is -3.47. The molecule has 1 saturated heterocycles. The lowest BCUT2D eigenvalue weighted by atomic mass is 9.99. The van der Waals surface area contributed by atoms with Crippen molar-refractivity contribution in [3.63, 3.8) is 0 Å². The Morgan fingerprint density at radius 3 is 2.52 bits per heavy atom. The van der Waals surface area contributed by atoms with Crippen molar-refractivity contribution in [3.8, 4) is 0 Å². The zero-order valence-corrected chi connectivity index (χ0v) is 14.0. The molecule has 1 fully saturated rings. The van der Waals surface area contributed by atoms with E-state index in [4.69, 9.17) is 4.74 Å². The Bertz CT molecular complexity index is 540. The number of benzene rings is 1. The number of aryl methyl sites for hydroxylation is 1. The van der Waals surface area contributed by atoms with E-state index in [1.165, 1.54) is 0 Å². The predicted octanol–water partition coefficient (Wildman–Crippen LogP) is 1.46. The highest BCUT2D eigenvalue weighted by atomic mass is 35.5. The summed E-state index contributed by atoms with van der Waals surface area (Å²) < 4.78 is 32.4. The van der Waals surface area contributed by atoms with Gasteiger partial charge in [0.2, 0.25) is 10.0 Å². The van der Waals surface area contributed by atoms with Crippen LogP contribution >= 0.6 is 12.4 Å². The van der Waals surface area contributed by atoms with Crippen molar-refractivity contribution in [1.82, 2.24) is 10.0 Å². The standard InChI is InChI=1S/C14H22N2O3S.ClH/c1-12-4-6-13(7-5-12)20(17,18)16-10-14(11-19-2)8-3-9-15-14;/h4-7,15-16H,3,8-11H2,1-2H3;1H. The average Bonchev–Trinajstić information content (AvgIpc) is 2.87. The van der Waals surface area contributed by atoms with Crippen molar-refractivity contribution in [2.45, 2.75) is 30.2 Å². The maximum atomic E-state index is 12.3. The van der Waals surface area contributed by atoms with E-state index in [9.17, 15) is 8.42 Å². The van der Waals surface area contributed by atoms with Gasteiger partial charge in [-0.3, -0.25) is 0 Å². The number of nitrogens with one attached hydrogen (secondary N) is 2. The molecule has 1 aliphatic rings. The second kappa shape index (κ2) is 7.56. The van der Waals surface area contributed by atoms with E-state index in [1.54, 1.807) is 31.4 Å². The highest BCUT2D eigenvalue weighted by Crippen LogP contribution is 2.20. The molecule has 5 nitrogen and oxygen atoms in total. The van der Waals surface area contributed by atoms with Gasteiger partial charge in [0.15, 0.2) is 0 Å². The molecule has 0 saturated carbocycles. The molecule has 1 unspecified atom stereocenters. The molecule has 21 heavy (non-hydrogen) atoms. The molecule has 0 bridgehead atoms. The topological polar surface area (TPSA) is 67.4 Å². The van der Waals surface area contributed by atoms with Gasteiger partial charge in [-0.15, -0.1) is 12.4 Å². The van der Waals surface area contributed by atoms with Gasteiger partial charge in [-0.25, -0.2) is 13.1 Å². The third-order valence-electron chi connectivity index (χ3n) is 3.68. The monoisotopic (exact) mass is 334 g/mol. The predicted molar refractivity (Wildman–Crippen MR) is 85.5 cm³/mol. The molecule has 1 heterocycles. The Balaban J connectivity index is 0.00000220. The minimum Gasteiger partial charge on any atom is -0.383 e. The van der Waals surface area contributed by atoms with Crippen LogP contribution in [0.1, 0.15) is 18.4 Å². The first kappa shape index (κ1) is 18.4. The van der Waals surface area contributed by atoms with Crippen LogP contribution in [0.15, 0.2) is 29.2 Å². The van der Waals surface area contributed by atoms with E-state index in [0.29, 0.717) is 18.0 Å². The smallest absolute Gasteiger partial charge is 0.240 e. The van der Waals surface area contributed by atoms with E-state index >= 15 is 0 Å². The highest BCUT2D eigenvalue weighted by Gasteiger charge is 2.34. The fourth-order valence-electron chi connectivity index (χ4n) is 2.50. The summed E-state index contributed by atoms with van der Waals surface area (Å²) in [6.45, 7) is 3.68. The summed E-state index contributed by atoms with van der Waals surface area (Å²) in [5.41, 5.74) is 0.754. The second-order valence-electron chi connectivity index (χ2n) is 5.38. The lowest BCUT2D eigenvalue weighted by Crippen LogP contribution is -2.52. The van der Waals surface area contributed by atoms with Gasteiger partial charge in [0.05, 0.1) is 17.0 Å². The van der Waals surface area contributed by atoms with Crippen molar-refractivity contribution in [2.75, 3.05) is 26.8 Å². The third kappa shape index (κ3) is 4.66. The molecule has 1 aliphatic heterocycles. The highest BCUT2D eigenvalue weighted by molar-refractivity contribution is 7.89. The summed E-state index contributed by atoms with van der Waals surface area (Å²) in [7, 11) is -1.83. The van der Waals surface area contributed by atoms with Crippen molar-refractivity contribution in [1.29, 1.82) is 0 Å². The molecule has 0 radical (unpaired) electrons. The molecule has 2 rings (SSSR count). The van der Waals surface area contributed by atoms with Crippen LogP contribution in [-0.2, 0) is 14.8 Å². The number of halogens is 1. The van der Waals surface area contributed by atoms with Crippen LogP contribution in [0.25, 0.3) is 0 Å². The van der Waals surface area contributed by atoms with Crippen molar-refractivity contribution in [3.05, 3.63) is 29.8 Å². The summed E-state index contributed by atoms with van der Waals surface area (Å²) in [5, 5.41) is 3.35. The molecule has 0 amide bonds. The summed E-state index contributed by atoms with van der Waals surface area (Å²) >= 11 is 0. The summed E-state index contributed by atoms with van der Waals surface area (Å²) in [5.74, 6) is 0. The molecule has 0 spiro atoms. The average molecular weight is 335 g/mol. The van der Waals surface area contributed by atoms with Gasteiger partial charge in [-0.1, -0.05) is 17.7 Å². The molecular formula is C14H23ClN2O3S. The molecule has 120 valence electrons. The number of sulfonamides is 1. The Morgan fingerprint density at radius 1 is 1.33 bits per heavy atom. The van der Waals surface area contributed by atoms with Crippen LogP contribution in [0.5, 0.6) is 0 Å². The number of ether oxygens (including phenoxy) is 1. The second-order valence-corrected chi connectivity index (χ2v) is 7.15. The molecule has 7 heteroatoms. The zero-order valence-electron chi connectivity index (χ0n) is 12.4. The van der Waals surface area contributed by atoms with Crippen molar-refractivity contribution < 1.29 is 13.2 Å². The van der Waals surface area contributed by atoms with Crippen LogP contribution in [0, 0.1) is 6.92 Å². The van der Waals surface area contributed by atoms with Crippen molar-refractivity contribution >= 4 is 22.4 Å². The minimum absolute atomic E-state index is 0. The molecule has 1 aromatic rings. The Kier molecular flexibility index (Phi) is 6.62. The van der Waals surface area contributed by atoms with Crippen LogP contribution in [0.2, 0.25) is 0 Å². The van der Waals surface area contributed by atoms with Crippen LogP contribution < -0.4 is 10.0 Å². The molecule has 1 atom stereocenters. The summed E-state index contributed by atoms with van der Waals surface area (Å²) in [6, 6.07) is 6.85. The normalized spacial score (nSPS) is 22.0. The molecule has 1 aromatic carbocycles. The lowest BCUT2D eigenvalue weighted by Gasteiger charge is -2.28. The van der Waals surface area contributed by atoms with Gasteiger partial charge in [0.25, 0.3) is 0 Å². The van der Waals surface area contributed by atoms with E-state index < -0.39 is 10.0 Å². The molecular weight excluding hydrogens is 312 g/mol. The SMILES string of the molecule is COCC1(CNS(=O)(=O)c2ccc(C)cc2)CCCN1.Cl. The number of methoxy groups -OCH3 is 1. The fourth-order valence-corrected chi connectivity index (χ4v) is 3.63. The summed E-state index contributed by atoms with van der Waals surface area (Å²) in [4.78, 5) is 0.300. The Labute approximate surface area is 132 Å². The summed E-state index contributed by atoms with van der Waals surface area (Å²) in [6.07, 6.45) is 1.95. The maximum absolute atomic E-state index is 12.3. The largest absolute Gasteiger partial charge is 0.383 e. The van der Waals surface area contributed by atoms with Crippen LogP contribution in [0.4, 0.5) is 0 Å². The first-order valence-corrected chi connectivity index (χ1v) is 8.26. The van der Waals surface area contributed by atoms with Crippen LogP contribution in [0.3, 0.4) is 0 Å². The van der Waals surface area contributed by atoms with Crippen molar-refractivity contribution in [2.24, 2.45) is 0 Å². The number of hydrogen-bond donors (Lipinski definition) is 2. The zero-order chi connectivity index (χ0) is 14.6. The third-order valence-corrected chi connectivity index (χ3v) is 5.10. The Hall–Kier alpha value is -0.660. The quantitative estimate of drug-likeness (QED) is 0.826. The van der Waals surface area contributed by atoms with Crippen LogP contribution in [-0.4, -0.2) is 40.8 Å². The van der Waals surface area contributed by atoms with E-state index in [1.807, 2.05) is 6.92 Å². The van der Waals surface area contributed by atoms with Gasteiger partial charge in [0.1, 0.15) is 0 Å².